The number of benzene rings is 1. The number of nitrogens with one attached hydrogen (secondary N) is 1. The second-order valence-electron chi connectivity index (χ2n) is 5.39. The third-order valence-electron chi connectivity index (χ3n) is 3.51. The number of hydrogen-bond donors (Lipinski definition) is 1. The van der Waals surface area contributed by atoms with Gasteiger partial charge in [0.05, 0.1) is 6.54 Å². The van der Waals surface area contributed by atoms with E-state index in [0.717, 1.165) is 23.7 Å². The lowest BCUT2D eigenvalue weighted by Gasteiger charge is -2.30. The first-order valence-corrected chi connectivity index (χ1v) is 7.25. The molecule has 1 fully saturated rings. The molecular weight excluding hydrogens is 260 g/mol. The maximum absolute atomic E-state index is 11.9. The van der Waals surface area contributed by atoms with Crippen LogP contribution < -0.4 is 5.32 Å². The summed E-state index contributed by atoms with van der Waals surface area (Å²) in [6.07, 6.45) is 2.48. The van der Waals surface area contributed by atoms with Gasteiger partial charge in [0.25, 0.3) is 0 Å². The van der Waals surface area contributed by atoms with Crippen molar-refractivity contribution in [2.24, 2.45) is 5.92 Å². The first kappa shape index (κ1) is 14.4. The van der Waals surface area contributed by atoms with E-state index in [1.807, 2.05) is 24.3 Å². The van der Waals surface area contributed by atoms with Gasteiger partial charge in [-0.3, -0.25) is 9.69 Å². The van der Waals surface area contributed by atoms with Crippen molar-refractivity contribution in [3.05, 3.63) is 34.9 Å². The molecule has 19 heavy (non-hydrogen) atoms. The van der Waals surface area contributed by atoms with Gasteiger partial charge in [0, 0.05) is 18.1 Å². The van der Waals surface area contributed by atoms with E-state index in [9.17, 15) is 4.79 Å². The van der Waals surface area contributed by atoms with Gasteiger partial charge in [-0.15, -0.1) is 0 Å². The molecule has 0 radical (unpaired) electrons. The van der Waals surface area contributed by atoms with Crippen molar-refractivity contribution in [2.75, 3.05) is 19.6 Å². The highest BCUT2D eigenvalue weighted by Gasteiger charge is 2.18. The standard InChI is InChI=1S/C15H21ClN2O/c1-12-3-2-8-18(10-12)11-15(19)17-9-13-4-6-14(16)7-5-13/h4-7,12H,2-3,8-11H2,1H3,(H,17,19)/t12-/m1/s1. The van der Waals surface area contributed by atoms with E-state index >= 15 is 0 Å². The van der Waals surface area contributed by atoms with Crippen LogP contribution in [0, 0.1) is 5.92 Å². The molecule has 1 amide bonds. The Kier molecular flexibility index (Phi) is 5.23. The van der Waals surface area contributed by atoms with Crippen LogP contribution in [0.15, 0.2) is 24.3 Å². The number of hydrogen-bond acceptors (Lipinski definition) is 2. The van der Waals surface area contributed by atoms with Crippen LogP contribution in [0.2, 0.25) is 5.02 Å². The minimum atomic E-state index is 0.101. The first-order chi connectivity index (χ1) is 9.13. The summed E-state index contributed by atoms with van der Waals surface area (Å²) in [6.45, 7) is 5.40. The maximum atomic E-state index is 11.9. The summed E-state index contributed by atoms with van der Waals surface area (Å²) in [5, 5.41) is 3.68. The Bertz CT molecular complexity index is 419. The smallest absolute Gasteiger partial charge is 0.234 e. The molecule has 1 N–H and O–H groups in total. The van der Waals surface area contributed by atoms with Gasteiger partial charge in [-0.2, -0.15) is 0 Å². The molecule has 2 rings (SSSR count). The fourth-order valence-corrected chi connectivity index (χ4v) is 2.62. The fourth-order valence-electron chi connectivity index (χ4n) is 2.49. The van der Waals surface area contributed by atoms with Crippen molar-refractivity contribution < 1.29 is 4.79 Å². The molecule has 1 heterocycles. The zero-order chi connectivity index (χ0) is 13.7. The Labute approximate surface area is 119 Å². The zero-order valence-corrected chi connectivity index (χ0v) is 12.1. The highest BCUT2D eigenvalue weighted by atomic mass is 35.5. The van der Waals surface area contributed by atoms with Gasteiger partial charge >= 0.3 is 0 Å². The molecule has 1 aromatic rings. The number of carbonyl (C=O) groups excluding carboxylic acids is 1. The van der Waals surface area contributed by atoms with E-state index in [1.54, 1.807) is 0 Å². The van der Waals surface area contributed by atoms with Crippen LogP contribution in [0.4, 0.5) is 0 Å². The van der Waals surface area contributed by atoms with Gasteiger partial charge in [0.15, 0.2) is 0 Å². The monoisotopic (exact) mass is 280 g/mol. The summed E-state index contributed by atoms with van der Waals surface area (Å²) >= 11 is 5.82. The van der Waals surface area contributed by atoms with Crippen molar-refractivity contribution in [2.45, 2.75) is 26.3 Å². The molecule has 0 aliphatic carbocycles. The van der Waals surface area contributed by atoms with Crippen LogP contribution in [0.5, 0.6) is 0 Å². The first-order valence-electron chi connectivity index (χ1n) is 6.87. The van der Waals surface area contributed by atoms with E-state index in [2.05, 4.69) is 17.1 Å². The molecule has 104 valence electrons. The molecule has 1 aromatic carbocycles. The van der Waals surface area contributed by atoms with Crippen molar-refractivity contribution in [3.63, 3.8) is 0 Å². The predicted molar refractivity (Wildman–Crippen MR) is 78.1 cm³/mol. The molecule has 0 spiro atoms. The van der Waals surface area contributed by atoms with Gasteiger partial charge in [-0.25, -0.2) is 0 Å². The largest absolute Gasteiger partial charge is 0.351 e. The lowest BCUT2D eigenvalue weighted by molar-refractivity contribution is -0.122. The number of halogens is 1. The number of carbonyl (C=O) groups is 1. The average molecular weight is 281 g/mol. The van der Waals surface area contributed by atoms with Gasteiger partial charge in [-0.1, -0.05) is 30.7 Å². The predicted octanol–water partition coefficient (Wildman–Crippen LogP) is 2.69. The van der Waals surface area contributed by atoms with Crippen LogP contribution in [-0.2, 0) is 11.3 Å². The van der Waals surface area contributed by atoms with Gasteiger partial charge in [0.1, 0.15) is 0 Å². The number of likely N-dealkylation sites (tertiary alicyclic amines) is 1. The Morgan fingerprint density at radius 2 is 2.16 bits per heavy atom. The minimum Gasteiger partial charge on any atom is -0.351 e. The number of amides is 1. The summed E-state index contributed by atoms with van der Waals surface area (Å²) in [4.78, 5) is 14.1. The van der Waals surface area contributed by atoms with E-state index in [4.69, 9.17) is 11.6 Å². The molecule has 0 saturated carbocycles. The quantitative estimate of drug-likeness (QED) is 0.920. The normalized spacial score (nSPS) is 20.2. The minimum absolute atomic E-state index is 0.101. The lowest BCUT2D eigenvalue weighted by atomic mass is 10.0. The Balaban J connectivity index is 1.73. The van der Waals surface area contributed by atoms with Gasteiger partial charge < -0.3 is 5.32 Å². The molecule has 3 nitrogen and oxygen atoms in total. The van der Waals surface area contributed by atoms with Crippen LogP contribution in [0.1, 0.15) is 25.3 Å². The van der Waals surface area contributed by atoms with Crippen molar-refractivity contribution in [3.8, 4) is 0 Å². The lowest BCUT2D eigenvalue weighted by Crippen LogP contribution is -2.41. The zero-order valence-electron chi connectivity index (χ0n) is 11.4. The third-order valence-corrected chi connectivity index (χ3v) is 3.76. The highest BCUT2D eigenvalue weighted by molar-refractivity contribution is 6.30. The summed E-state index contributed by atoms with van der Waals surface area (Å²) in [5.41, 5.74) is 1.07. The van der Waals surface area contributed by atoms with E-state index in [0.29, 0.717) is 19.0 Å². The Morgan fingerprint density at radius 1 is 1.42 bits per heavy atom. The van der Waals surface area contributed by atoms with Crippen LogP contribution in [0.25, 0.3) is 0 Å². The van der Waals surface area contributed by atoms with Crippen LogP contribution in [0.3, 0.4) is 0 Å². The topological polar surface area (TPSA) is 32.3 Å². The number of rotatable bonds is 4. The molecule has 1 aliphatic heterocycles. The molecule has 0 aromatic heterocycles. The SMILES string of the molecule is C[C@@H]1CCCN(CC(=O)NCc2ccc(Cl)cc2)C1. The van der Waals surface area contributed by atoms with Crippen molar-refractivity contribution in [1.82, 2.24) is 10.2 Å². The fraction of sp³-hybridized carbons (Fsp3) is 0.533. The van der Waals surface area contributed by atoms with Crippen molar-refractivity contribution in [1.29, 1.82) is 0 Å². The maximum Gasteiger partial charge on any atom is 0.234 e. The Hall–Kier alpha value is -1.06. The average Bonchev–Trinajstić information content (AvgIpc) is 2.38. The Morgan fingerprint density at radius 3 is 2.84 bits per heavy atom. The number of nitrogens with zero attached hydrogens (tertiary/aromatic N) is 1. The summed E-state index contributed by atoms with van der Waals surface area (Å²) in [5.74, 6) is 0.807. The van der Waals surface area contributed by atoms with E-state index in [-0.39, 0.29) is 5.91 Å². The summed E-state index contributed by atoms with van der Waals surface area (Å²) in [6, 6.07) is 7.56. The van der Waals surface area contributed by atoms with Crippen molar-refractivity contribution >= 4 is 17.5 Å². The number of piperidine rings is 1. The highest BCUT2D eigenvalue weighted by Crippen LogP contribution is 2.14. The van der Waals surface area contributed by atoms with Gasteiger partial charge in [-0.05, 0) is 43.0 Å². The third kappa shape index (κ3) is 4.84. The van der Waals surface area contributed by atoms with Gasteiger partial charge in [0.2, 0.25) is 5.91 Å². The summed E-state index contributed by atoms with van der Waals surface area (Å²) < 4.78 is 0. The molecule has 1 atom stereocenters. The van der Waals surface area contributed by atoms with Crippen LogP contribution >= 0.6 is 11.6 Å². The molecule has 0 unspecified atom stereocenters. The molecule has 1 saturated heterocycles. The molecule has 0 bridgehead atoms. The van der Waals surface area contributed by atoms with E-state index in [1.165, 1.54) is 12.8 Å². The summed E-state index contributed by atoms with van der Waals surface area (Å²) in [7, 11) is 0. The van der Waals surface area contributed by atoms with Crippen LogP contribution in [-0.4, -0.2) is 30.4 Å². The second-order valence-corrected chi connectivity index (χ2v) is 5.82. The molecule has 1 aliphatic rings. The van der Waals surface area contributed by atoms with E-state index < -0.39 is 0 Å². The second kappa shape index (κ2) is 6.92. The molecular formula is C15H21ClN2O. The molecule has 4 heteroatoms.